The molecule has 17 heavy (non-hydrogen) atoms. The Balaban J connectivity index is 2.11. The van der Waals surface area contributed by atoms with E-state index in [1.165, 1.54) is 11.6 Å². The first-order valence-corrected chi connectivity index (χ1v) is 6.59. The molecule has 0 radical (unpaired) electrons. The van der Waals surface area contributed by atoms with Gasteiger partial charge in [-0.3, -0.25) is 10.1 Å². The molecular formula is C11H9BrN2O2S. The van der Waals surface area contributed by atoms with E-state index in [1.807, 2.05) is 22.9 Å². The largest absolute Gasteiger partial charge is 0.381 e. The standard InChI is InChI=1S/C11H9BrN2O2S/c12-10-2-1-9(5-11(10)14(15)16)13-6-8-3-4-17-7-8/h1-5,7,13H,6H2. The molecule has 88 valence electrons. The van der Waals surface area contributed by atoms with Crippen molar-refractivity contribution >= 4 is 38.6 Å². The third kappa shape index (κ3) is 3.04. The number of hydrogen-bond donors (Lipinski definition) is 1. The van der Waals surface area contributed by atoms with Gasteiger partial charge < -0.3 is 5.32 Å². The lowest BCUT2D eigenvalue weighted by Gasteiger charge is -2.05. The number of nitrogens with one attached hydrogen (secondary N) is 1. The smallest absolute Gasteiger partial charge is 0.285 e. The van der Waals surface area contributed by atoms with Gasteiger partial charge in [0.05, 0.1) is 9.40 Å². The molecule has 0 atom stereocenters. The fourth-order valence-corrected chi connectivity index (χ4v) is 2.42. The Morgan fingerprint density at radius 3 is 2.88 bits per heavy atom. The van der Waals surface area contributed by atoms with Crippen molar-refractivity contribution < 1.29 is 4.92 Å². The summed E-state index contributed by atoms with van der Waals surface area (Å²) < 4.78 is 0.489. The second kappa shape index (κ2) is 5.29. The number of nitro groups is 1. The predicted octanol–water partition coefficient (Wildman–Crippen LogP) is 4.03. The fourth-order valence-electron chi connectivity index (χ4n) is 1.36. The molecule has 0 unspecified atom stereocenters. The summed E-state index contributed by atoms with van der Waals surface area (Å²) in [6.07, 6.45) is 0. The lowest BCUT2D eigenvalue weighted by atomic mass is 10.2. The fraction of sp³-hybridized carbons (Fsp3) is 0.0909. The zero-order valence-corrected chi connectivity index (χ0v) is 11.1. The molecule has 1 heterocycles. The summed E-state index contributed by atoms with van der Waals surface area (Å²) in [6, 6.07) is 7.03. The number of nitrogens with zero attached hydrogens (tertiary/aromatic N) is 1. The van der Waals surface area contributed by atoms with Gasteiger partial charge in [0.25, 0.3) is 5.69 Å². The lowest BCUT2D eigenvalue weighted by Crippen LogP contribution is -1.99. The molecule has 0 spiro atoms. The quantitative estimate of drug-likeness (QED) is 0.685. The van der Waals surface area contributed by atoms with Gasteiger partial charge >= 0.3 is 0 Å². The first-order chi connectivity index (χ1) is 8.16. The van der Waals surface area contributed by atoms with Crippen molar-refractivity contribution in [3.8, 4) is 0 Å². The summed E-state index contributed by atoms with van der Waals surface area (Å²) >= 11 is 4.78. The van der Waals surface area contributed by atoms with E-state index in [4.69, 9.17) is 0 Å². The van der Waals surface area contributed by atoms with E-state index in [-0.39, 0.29) is 5.69 Å². The minimum atomic E-state index is -0.403. The van der Waals surface area contributed by atoms with Crippen LogP contribution in [0, 0.1) is 10.1 Å². The molecule has 2 aromatic rings. The minimum Gasteiger partial charge on any atom is -0.381 e. The van der Waals surface area contributed by atoms with Crippen LogP contribution >= 0.6 is 27.3 Å². The van der Waals surface area contributed by atoms with E-state index in [2.05, 4.69) is 21.2 Å². The highest BCUT2D eigenvalue weighted by molar-refractivity contribution is 9.10. The Hall–Kier alpha value is -1.40. The van der Waals surface area contributed by atoms with Crippen molar-refractivity contribution in [3.05, 3.63) is 55.2 Å². The van der Waals surface area contributed by atoms with E-state index >= 15 is 0 Å². The average molecular weight is 313 g/mol. The summed E-state index contributed by atoms with van der Waals surface area (Å²) in [5.41, 5.74) is 1.98. The van der Waals surface area contributed by atoms with Crippen molar-refractivity contribution in [2.75, 3.05) is 5.32 Å². The van der Waals surface area contributed by atoms with E-state index in [0.29, 0.717) is 11.0 Å². The van der Waals surface area contributed by atoms with Gasteiger partial charge in [0.15, 0.2) is 0 Å². The number of hydrogen-bond acceptors (Lipinski definition) is 4. The molecular weight excluding hydrogens is 304 g/mol. The van der Waals surface area contributed by atoms with Crippen LogP contribution in [0.3, 0.4) is 0 Å². The minimum absolute atomic E-state index is 0.0697. The molecule has 0 saturated carbocycles. The van der Waals surface area contributed by atoms with Gasteiger partial charge in [0, 0.05) is 18.3 Å². The van der Waals surface area contributed by atoms with Crippen molar-refractivity contribution in [2.45, 2.75) is 6.54 Å². The van der Waals surface area contributed by atoms with Crippen LogP contribution in [0.25, 0.3) is 0 Å². The maximum Gasteiger partial charge on any atom is 0.285 e. The topological polar surface area (TPSA) is 55.2 Å². The molecule has 0 saturated heterocycles. The Kier molecular flexibility index (Phi) is 3.75. The SMILES string of the molecule is O=[N+]([O-])c1cc(NCc2ccsc2)ccc1Br. The number of anilines is 1. The van der Waals surface area contributed by atoms with Gasteiger partial charge in [0.2, 0.25) is 0 Å². The Bertz CT molecular complexity index is 528. The van der Waals surface area contributed by atoms with Gasteiger partial charge in [-0.1, -0.05) is 0 Å². The van der Waals surface area contributed by atoms with Crippen molar-refractivity contribution in [1.29, 1.82) is 0 Å². The maximum absolute atomic E-state index is 10.8. The van der Waals surface area contributed by atoms with Crippen LogP contribution in [0.1, 0.15) is 5.56 Å². The summed E-state index contributed by atoms with van der Waals surface area (Å²) in [6.45, 7) is 0.669. The number of thiophene rings is 1. The third-order valence-electron chi connectivity index (χ3n) is 2.22. The molecule has 1 N–H and O–H groups in total. The Morgan fingerprint density at radius 1 is 1.41 bits per heavy atom. The van der Waals surface area contributed by atoms with Gasteiger partial charge in [-0.2, -0.15) is 11.3 Å². The van der Waals surface area contributed by atoms with Crippen LogP contribution in [0.2, 0.25) is 0 Å². The van der Waals surface area contributed by atoms with Crippen molar-refractivity contribution in [1.82, 2.24) is 0 Å². The summed E-state index contributed by atoms with van der Waals surface area (Å²) in [5.74, 6) is 0. The molecule has 0 aliphatic heterocycles. The normalized spacial score (nSPS) is 10.2. The van der Waals surface area contributed by atoms with Crippen molar-refractivity contribution in [2.24, 2.45) is 0 Å². The first kappa shape index (κ1) is 12.1. The molecule has 0 fully saturated rings. The van der Waals surface area contributed by atoms with Gasteiger partial charge in [-0.25, -0.2) is 0 Å². The van der Waals surface area contributed by atoms with E-state index in [1.54, 1.807) is 17.4 Å². The van der Waals surface area contributed by atoms with E-state index < -0.39 is 4.92 Å². The van der Waals surface area contributed by atoms with E-state index in [9.17, 15) is 10.1 Å². The van der Waals surface area contributed by atoms with Crippen LogP contribution in [-0.2, 0) is 6.54 Å². The maximum atomic E-state index is 10.8. The highest BCUT2D eigenvalue weighted by Crippen LogP contribution is 2.28. The monoisotopic (exact) mass is 312 g/mol. The average Bonchev–Trinajstić information content (AvgIpc) is 2.80. The molecule has 0 amide bonds. The van der Waals surface area contributed by atoms with Crippen molar-refractivity contribution in [3.63, 3.8) is 0 Å². The highest BCUT2D eigenvalue weighted by atomic mass is 79.9. The summed E-state index contributed by atoms with van der Waals surface area (Å²) in [7, 11) is 0. The molecule has 0 aliphatic carbocycles. The number of nitro benzene ring substituents is 1. The second-order valence-corrected chi connectivity index (χ2v) is 5.04. The summed E-state index contributed by atoms with van der Waals surface area (Å²) in [5, 5.41) is 18.0. The number of halogens is 1. The predicted molar refractivity (Wildman–Crippen MR) is 72.4 cm³/mol. The van der Waals surface area contributed by atoms with Gasteiger partial charge in [-0.15, -0.1) is 0 Å². The molecule has 4 nitrogen and oxygen atoms in total. The molecule has 6 heteroatoms. The number of benzene rings is 1. The molecule has 0 aliphatic rings. The van der Waals surface area contributed by atoms with Crippen LogP contribution in [0.15, 0.2) is 39.5 Å². The lowest BCUT2D eigenvalue weighted by molar-refractivity contribution is -0.385. The molecule has 2 rings (SSSR count). The third-order valence-corrected chi connectivity index (χ3v) is 3.62. The highest BCUT2D eigenvalue weighted by Gasteiger charge is 2.11. The molecule has 1 aromatic heterocycles. The zero-order valence-electron chi connectivity index (χ0n) is 8.72. The van der Waals surface area contributed by atoms with Crippen LogP contribution in [-0.4, -0.2) is 4.92 Å². The van der Waals surface area contributed by atoms with Gasteiger partial charge in [0.1, 0.15) is 0 Å². The number of rotatable bonds is 4. The van der Waals surface area contributed by atoms with E-state index in [0.717, 1.165) is 5.69 Å². The van der Waals surface area contributed by atoms with Crippen LogP contribution in [0.4, 0.5) is 11.4 Å². The molecule has 1 aromatic carbocycles. The Labute approximate surface area is 111 Å². The van der Waals surface area contributed by atoms with Crippen LogP contribution < -0.4 is 5.32 Å². The molecule has 0 bridgehead atoms. The summed E-state index contributed by atoms with van der Waals surface area (Å²) in [4.78, 5) is 10.4. The first-order valence-electron chi connectivity index (χ1n) is 4.85. The van der Waals surface area contributed by atoms with Crippen LogP contribution in [0.5, 0.6) is 0 Å². The second-order valence-electron chi connectivity index (χ2n) is 3.41. The zero-order chi connectivity index (χ0) is 12.3. The Morgan fingerprint density at radius 2 is 2.24 bits per heavy atom. The van der Waals surface area contributed by atoms with Gasteiger partial charge in [-0.05, 0) is 50.5 Å².